The first-order valence-corrected chi connectivity index (χ1v) is 4.31. The van der Waals surface area contributed by atoms with Gasteiger partial charge in [0.15, 0.2) is 0 Å². The molecule has 0 unspecified atom stereocenters. The van der Waals surface area contributed by atoms with E-state index in [1.54, 1.807) is 0 Å². The molecule has 10 heavy (non-hydrogen) atoms. The number of rotatable bonds is 2. The Morgan fingerprint density at radius 2 is 2.50 bits per heavy atom. The lowest BCUT2D eigenvalue weighted by molar-refractivity contribution is -0.136. The molecule has 0 aliphatic heterocycles. The molecule has 1 heterocycles. The highest BCUT2D eigenvalue weighted by atomic mass is 79.9. The molecule has 0 bridgehead atoms. The first-order valence-electron chi connectivity index (χ1n) is 2.64. The van der Waals surface area contributed by atoms with Crippen LogP contribution in [0.3, 0.4) is 0 Å². The van der Waals surface area contributed by atoms with Crippen LogP contribution in [0.15, 0.2) is 15.9 Å². The van der Waals surface area contributed by atoms with E-state index in [0.717, 1.165) is 9.35 Å². The van der Waals surface area contributed by atoms with Gasteiger partial charge in [-0.2, -0.15) is 0 Å². The highest BCUT2D eigenvalue weighted by Crippen LogP contribution is 2.22. The van der Waals surface area contributed by atoms with Gasteiger partial charge in [-0.25, -0.2) is 0 Å². The van der Waals surface area contributed by atoms with Gasteiger partial charge in [-0.1, -0.05) is 0 Å². The van der Waals surface area contributed by atoms with Crippen LogP contribution in [0, 0.1) is 0 Å². The maximum absolute atomic E-state index is 10.2. The molecule has 1 rings (SSSR count). The minimum Gasteiger partial charge on any atom is -0.481 e. The molecule has 0 fully saturated rings. The first-order chi connectivity index (χ1) is 4.70. The molecule has 0 radical (unpaired) electrons. The summed E-state index contributed by atoms with van der Waals surface area (Å²) in [5.41, 5.74) is 0. The summed E-state index contributed by atoms with van der Waals surface area (Å²) >= 11 is 4.69. The Labute approximate surface area is 70.6 Å². The molecule has 0 saturated heterocycles. The number of hydrogen-bond donors (Lipinski definition) is 1. The molecule has 0 aliphatic rings. The second-order valence-electron chi connectivity index (χ2n) is 1.76. The van der Waals surface area contributed by atoms with Crippen LogP contribution in [0.2, 0.25) is 0 Å². The summed E-state index contributed by atoms with van der Waals surface area (Å²) in [7, 11) is 0. The third-order valence-electron chi connectivity index (χ3n) is 1.00. The monoisotopic (exact) mass is 220 g/mol. The van der Waals surface area contributed by atoms with Crippen LogP contribution in [0.25, 0.3) is 0 Å². The van der Waals surface area contributed by atoms with Crippen molar-refractivity contribution in [1.82, 2.24) is 0 Å². The Morgan fingerprint density at radius 1 is 1.80 bits per heavy atom. The van der Waals surface area contributed by atoms with Crippen molar-refractivity contribution in [2.75, 3.05) is 0 Å². The third-order valence-corrected chi connectivity index (χ3v) is 2.93. The highest BCUT2D eigenvalue weighted by molar-refractivity contribution is 9.10. The normalized spacial score (nSPS) is 9.70. The third kappa shape index (κ3) is 1.82. The van der Waals surface area contributed by atoms with Crippen molar-refractivity contribution in [3.05, 3.63) is 20.8 Å². The zero-order valence-corrected chi connectivity index (χ0v) is 7.41. The van der Waals surface area contributed by atoms with E-state index in [1.165, 1.54) is 11.3 Å². The second-order valence-corrected chi connectivity index (χ2v) is 3.62. The van der Waals surface area contributed by atoms with Crippen molar-refractivity contribution < 1.29 is 9.90 Å². The Kier molecular flexibility index (Phi) is 2.45. The van der Waals surface area contributed by atoms with Gasteiger partial charge in [0.1, 0.15) is 0 Å². The fourth-order valence-corrected chi connectivity index (χ4v) is 2.07. The zero-order valence-electron chi connectivity index (χ0n) is 5.00. The van der Waals surface area contributed by atoms with Crippen LogP contribution in [0.5, 0.6) is 0 Å². The van der Waals surface area contributed by atoms with E-state index in [9.17, 15) is 4.79 Å². The van der Waals surface area contributed by atoms with Gasteiger partial charge in [0, 0.05) is 9.35 Å². The quantitative estimate of drug-likeness (QED) is 0.830. The number of hydrogen-bond acceptors (Lipinski definition) is 2. The van der Waals surface area contributed by atoms with Gasteiger partial charge in [-0.05, 0) is 27.4 Å². The van der Waals surface area contributed by atoms with Gasteiger partial charge in [0.2, 0.25) is 0 Å². The molecule has 0 atom stereocenters. The number of thiophene rings is 1. The maximum Gasteiger partial charge on any atom is 0.308 e. The van der Waals surface area contributed by atoms with E-state index >= 15 is 0 Å². The summed E-state index contributed by atoms with van der Waals surface area (Å²) in [5, 5.41) is 10.3. The minimum absolute atomic E-state index is 0.109. The van der Waals surface area contributed by atoms with Crippen molar-refractivity contribution in [2.45, 2.75) is 6.42 Å². The Bertz CT molecular complexity index is 244. The predicted octanol–water partition coefficient (Wildman–Crippen LogP) is 2.14. The number of carboxylic acid groups (broad SMARTS) is 1. The van der Waals surface area contributed by atoms with Crippen LogP contribution in [0.4, 0.5) is 0 Å². The Morgan fingerprint density at radius 3 is 2.90 bits per heavy atom. The minimum atomic E-state index is -0.789. The van der Waals surface area contributed by atoms with Crippen LogP contribution < -0.4 is 0 Å². The molecule has 1 aromatic heterocycles. The SMILES string of the molecule is O=C(O)Cc1sccc1Br. The average molecular weight is 221 g/mol. The number of carboxylic acids is 1. The predicted molar refractivity (Wildman–Crippen MR) is 43.4 cm³/mol. The standard InChI is InChI=1S/C6H5BrO2S/c7-4-1-2-10-5(4)3-6(8)9/h1-2H,3H2,(H,8,9). The van der Waals surface area contributed by atoms with E-state index in [2.05, 4.69) is 15.9 Å². The molecular formula is C6H5BrO2S. The molecule has 0 spiro atoms. The summed E-state index contributed by atoms with van der Waals surface area (Å²) in [6.07, 6.45) is 0.109. The van der Waals surface area contributed by atoms with Crippen molar-refractivity contribution in [2.24, 2.45) is 0 Å². The van der Waals surface area contributed by atoms with Gasteiger partial charge in [-0.3, -0.25) is 4.79 Å². The van der Waals surface area contributed by atoms with E-state index in [-0.39, 0.29) is 6.42 Å². The molecule has 0 aromatic carbocycles. The number of halogens is 1. The molecule has 1 aromatic rings. The summed E-state index contributed by atoms with van der Waals surface area (Å²) in [4.78, 5) is 11.1. The number of aliphatic carboxylic acids is 1. The molecule has 4 heteroatoms. The lowest BCUT2D eigenvalue weighted by Gasteiger charge is -1.89. The lowest BCUT2D eigenvalue weighted by atomic mass is 10.3. The van der Waals surface area contributed by atoms with Crippen LogP contribution >= 0.6 is 27.3 Å². The summed E-state index contributed by atoms with van der Waals surface area (Å²) in [5.74, 6) is -0.789. The second kappa shape index (κ2) is 3.16. The molecule has 0 amide bonds. The first kappa shape index (κ1) is 7.75. The van der Waals surface area contributed by atoms with Gasteiger partial charge in [0.05, 0.1) is 6.42 Å². The molecule has 1 N–H and O–H groups in total. The van der Waals surface area contributed by atoms with E-state index < -0.39 is 5.97 Å². The highest BCUT2D eigenvalue weighted by Gasteiger charge is 2.04. The van der Waals surface area contributed by atoms with Gasteiger partial charge in [0.25, 0.3) is 0 Å². The van der Waals surface area contributed by atoms with Crippen LogP contribution in [-0.2, 0) is 11.2 Å². The largest absolute Gasteiger partial charge is 0.481 e. The van der Waals surface area contributed by atoms with E-state index in [0.29, 0.717) is 0 Å². The summed E-state index contributed by atoms with van der Waals surface area (Å²) < 4.78 is 0.889. The van der Waals surface area contributed by atoms with Crippen LogP contribution in [0.1, 0.15) is 4.88 Å². The van der Waals surface area contributed by atoms with Crippen molar-refractivity contribution in [3.63, 3.8) is 0 Å². The average Bonchev–Trinajstić information content (AvgIpc) is 2.15. The summed E-state index contributed by atoms with van der Waals surface area (Å²) in [6.45, 7) is 0. The smallest absolute Gasteiger partial charge is 0.308 e. The van der Waals surface area contributed by atoms with Gasteiger partial charge >= 0.3 is 5.97 Å². The van der Waals surface area contributed by atoms with E-state index in [4.69, 9.17) is 5.11 Å². The van der Waals surface area contributed by atoms with Crippen molar-refractivity contribution in [3.8, 4) is 0 Å². The fourth-order valence-electron chi connectivity index (χ4n) is 0.589. The Hall–Kier alpha value is -0.350. The molecule has 0 saturated carbocycles. The van der Waals surface area contributed by atoms with Crippen LogP contribution in [-0.4, -0.2) is 11.1 Å². The maximum atomic E-state index is 10.2. The summed E-state index contributed by atoms with van der Waals surface area (Å²) in [6, 6.07) is 1.85. The van der Waals surface area contributed by atoms with Crippen molar-refractivity contribution in [1.29, 1.82) is 0 Å². The van der Waals surface area contributed by atoms with Crippen molar-refractivity contribution >= 4 is 33.2 Å². The molecular weight excluding hydrogens is 216 g/mol. The molecule has 54 valence electrons. The zero-order chi connectivity index (χ0) is 7.56. The number of carbonyl (C=O) groups is 1. The Balaban J connectivity index is 2.74. The van der Waals surface area contributed by atoms with E-state index in [1.807, 2.05) is 11.4 Å². The lowest BCUT2D eigenvalue weighted by Crippen LogP contribution is -1.97. The topological polar surface area (TPSA) is 37.3 Å². The fraction of sp³-hybridized carbons (Fsp3) is 0.167. The molecule has 2 nitrogen and oxygen atoms in total. The molecule has 0 aliphatic carbocycles. The van der Waals surface area contributed by atoms with Gasteiger partial charge < -0.3 is 5.11 Å². The van der Waals surface area contributed by atoms with Gasteiger partial charge in [-0.15, -0.1) is 11.3 Å².